The van der Waals surface area contributed by atoms with Crippen LogP contribution in [0.1, 0.15) is 25.1 Å². The standard InChI is InChI=1S/C14H22N4O3S/c1-9(2)14(20)16-13-10-7-22-8-11(10)17-18(13)6-12(19)15-4-5-21-3/h9H,4-8H2,1-3H3,(H,15,19)(H,16,20). The number of fused-ring (bicyclic) bond motifs is 1. The summed E-state index contributed by atoms with van der Waals surface area (Å²) in [4.78, 5) is 23.9. The van der Waals surface area contributed by atoms with Gasteiger partial charge in [0.05, 0.1) is 12.3 Å². The van der Waals surface area contributed by atoms with Crippen molar-refractivity contribution in [2.45, 2.75) is 31.9 Å². The normalized spacial score (nSPS) is 13.3. The molecule has 122 valence electrons. The third-order valence-corrected chi connectivity index (χ3v) is 4.28. The second kappa shape index (κ2) is 7.64. The minimum atomic E-state index is -0.147. The minimum Gasteiger partial charge on any atom is -0.383 e. The Morgan fingerprint density at radius 1 is 1.41 bits per heavy atom. The fraction of sp³-hybridized carbons (Fsp3) is 0.643. The molecule has 1 aliphatic rings. The van der Waals surface area contributed by atoms with Gasteiger partial charge < -0.3 is 15.4 Å². The predicted octanol–water partition coefficient (Wildman–Crippen LogP) is 0.987. The van der Waals surface area contributed by atoms with Crippen LogP contribution < -0.4 is 10.6 Å². The number of methoxy groups -OCH3 is 1. The minimum absolute atomic E-state index is 0.0689. The monoisotopic (exact) mass is 326 g/mol. The first kappa shape index (κ1) is 16.8. The number of carbonyl (C=O) groups excluding carboxylic acids is 2. The van der Waals surface area contributed by atoms with Crippen LogP contribution in [-0.2, 0) is 32.4 Å². The molecule has 1 aromatic rings. The zero-order valence-corrected chi connectivity index (χ0v) is 14.0. The van der Waals surface area contributed by atoms with Crippen LogP contribution in [0.5, 0.6) is 0 Å². The van der Waals surface area contributed by atoms with Gasteiger partial charge in [0.25, 0.3) is 0 Å². The van der Waals surface area contributed by atoms with Crippen LogP contribution in [0.3, 0.4) is 0 Å². The van der Waals surface area contributed by atoms with E-state index in [9.17, 15) is 9.59 Å². The summed E-state index contributed by atoms with van der Waals surface area (Å²) in [6.07, 6.45) is 0. The topological polar surface area (TPSA) is 85.2 Å². The van der Waals surface area contributed by atoms with Crippen LogP contribution in [0.15, 0.2) is 0 Å². The Morgan fingerprint density at radius 3 is 2.86 bits per heavy atom. The van der Waals surface area contributed by atoms with E-state index in [4.69, 9.17) is 4.74 Å². The molecule has 0 radical (unpaired) electrons. The zero-order valence-electron chi connectivity index (χ0n) is 13.1. The average molecular weight is 326 g/mol. The Morgan fingerprint density at radius 2 is 2.18 bits per heavy atom. The Kier molecular flexibility index (Phi) is 5.84. The van der Waals surface area contributed by atoms with Gasteiger partial charge in [-0.1, -0.05) is 13.8 Å². The molecule has 2 amide bonds. The van der Waals surface area contributed by atoms with E-state index in [0.717, 1.165) is 22.8 Å². The first-order valence-electron chi connectivity index (χ1n) is 7.25. The summed E-state index contributed by atoms with van der Waals surface area (Å²) in [6.45, 7) is 4.69. The molecule has 0 aliphatic carbocycles. The van der Waals surface area contributed by atoms with Crippen LogP contribution in [0, 0.1) is 5.92 Å². The molecule has 2 N–H and O–H groups in total. The van der Waals surface area contributed by atoms with Gasteiger partial charge in [-0.05, 0) is 0 Å². The summed E-state index contributed by atoms with van der Waals surface area (Å²) in [7, 11) is 1.58. The van der Waals surface area contributed by atoms with Gasteiger partial charge in [0.2, 0.25) is 11.8 Å². The lowest BCUT2D eigenvalue weighted by Crippen LogP contribution is -2.31. The van der Waals surface area contributed by atoms with Gasteiger partial charge >= 0.3 is 0 Å². The lowest BCUT2D eigenvalue weighted by atomic mass is 10.2. The molecule has 2 heterocycles. The second-order valence-electron chi connectivity index (χ2n) is 5.41. The van der Waals surface area contributed by atoms with Crippen molar-refractivity contribution in [1.82, 2.24) is 15.1 Å². The van der Waals surface area contributed by atoms with E-state index in [1.165, 1.54) is 0 Å². The number of ether oxygens (including phenoxy) is 1. The average Bonchev–Trinajstić information content (AvgIpc) is 3.02. The number of rotatable bonds is 7. The van der Waals surface area contributed by atoms with Gasteiger partial charge in [-0.2, -0.15) is 16.9 Å². The molecule has 7 nitrogen and oxygen atoms in total. The van der Waals surface area contributed by atoms with Crippen LogP contribution in [0.25, 0.3) is 0 Å². The molecular weight excluding hydrogens is 304 g/mol. The smallest absolute Gasteiger partial charge is 0.241 e. The Labute approximate surface area is 134 Å². The maximum atomic E-state index is 12.0. The van der Waals surface area contributed by atoms with E-state index in [-0.39, 0.29) is 24.3 Å². The fourth-order valence-electron chi connectivity index (χ4n) is 2.07. The van der Waals surface area contributed by atoms with Crippen molar-refractivity contribution in [2.24, 2.45) is 5.92 Å². The van der Waals surface area contributed by atoms with Gasteiger partial charge in [-0.15, -0.1) is 0 Å². The molecule has 0 aromatic carbocycles. The van der Waals surface area contributed by atoms with Gasteiger partial charge in [0, 0.05) is 36.6 Å². The third kappa shape index (κ3) is 4.01. The molecule has 0 unspecified atom stereocenters. The van der Waals surface area contributed by atoms with E-state index >= 15 is 0 Å². The molecule has 0 saturated heterocycles. The number of aromatic nitrogens is 2. The van der Waals surface area contributed by atoms with Gasteiger partial charge in [0.1, 0.15) is 12.4 Å². The van der Waals surface area contributed by atoms with Crippen LogP contribution >= 0.6 is 11.8 Å². The van der Waals surface area contributed by atoms with Gasteiger partial charge in [0.15, 0.2) is 0 Å². The largest absolute Gasteiger partial charge is 0.383 e. The number of thioether (sulfide) groups is 1. The highest BCUT2D eigenvalue weighted by atomic mass is 32.2. The summed E-state index contributed by atoms with van der Waals surface area (Å²) in [6, 6.07) is 0. The summed E-state index contributed by atoms with van der Waals surface area (Å²) < 4.78 is 6.49. The van der Waals surface area contributed by atoms with Crippen molar-refractivity contribution in [3.05, 3.63) is 11.3 Å². The quantitative estimate of drug-likeness (QED) is 0.730. The molecule has 0 bridgehead atoms. The number of carbonyl (C=O) groups is 2. The SMILES string of the molecule is COCCNC(=O)Cn1nc2c(c1NC(=O)C(C)C)CSC2. The van der Waals surface area contributed by atoms with Crippen molar-refractivity contribution in [1.29, 1.82) is 0 Å². The van der Waals surface area contributed by atoms with Crippen molar-refractivity contribution in [3.63, 3.8) is 0 Å². The number of anilines is 1. The molecule has 0 saturated carbocycles. The summed E-state index contributed by atoms with van der Waals surface area (Å²) >= 11 is 1.76. The van der Waals surface area contributed by atoms with Gasteiger partial charge in [-0.25, -0.2) is 4.68 Å². The molecule has 22 heavy (non-hydrogen) atoms. The fourth-order valence-corrected chi connectivity index (χ4v) is 3.10. The van der Waals surface area contributed by atoms with Crippen molar-refractivity contribution in [3.8, 4) is 0 Å². The highest BCUT2D eigenvalue weighted by molar-refractivity contribution is 7.98. The number of nitrogens with zero attached hydrogens (tertiary/aromatic N) is 2. The predicted molar refractivity (Wildman–Crippen MR) is 85.6 cm³/mol. The molecule has 8 heteroatoms. The molecular formula is C14H22N4O3S. The number of hydrogen-bond donors (Lipinski definition) is 2. The Bertz CT molecular complexity index is 557. The highest BCUT2D eigenvalue weighted by Gasteiger charge is 2.25. The number of nitrogens with one attached hydrogen (secondary N) is 2. The molecule has 1 aromatic heterocycles. The number of hydrogen-bond acceptors (Lipinski definition) is 5. The Hall–Kier alpha value is -1.54. The third-order valence-electron chi connectivity index (χ3n) is 3.31. The summed E-state index contributed by atoms with van der Waals surface area (Å²) in [5.41, 5.74) is 1.98. The second-order valence-corrected chi connectivity index (χ2v) is 6.40. The summed E-state index contributed by atoms with van der Waals surface area (Å²) in [5.74, 6) is 1.95. The lowest BCUT2D eigenvalue weighted by Gasteiger charge is -2.12. The van der Waals surface area contributed by atoms with E-state index in [2.05, 4.69) is 15.7 Å². The van der Waals surface area contributed by atoms with Crippen LogP contribution in [0.4, 0.5) is 5.82 Å². The maximum Gasteiger partial charge on any atom is 0.241 e. The van der Waals surface area contributed by atoms with Crippen molar-refractivity contribution in [2.75, 3.05) is 25.6 Å². The van der Waals surface area contributed by atoms with Crippen LogP contribution in [0.2, 0.25) is 0 Å². The van der Waals surface area contributed by atoms with Gasteiger partial charge in [-0.3, -0.25) is 9.59 Å². The van der Waals surface area contributed by atoms with E-state index in [0.29, 0.717) is 19.0 Å². The summed E-state index contributed by atoms with van der Waals surface area (Å²) in [5, 5.41) is 10.1. The Balaban J connectivity index is 2.10. The molecule has 2 rings (SSSR count). The van der Waals surface area contributed by atoms with Crippen molar-refractivity contribution >= 4 is 29.4 Å². The van der Waals surface area contributed by atoms with Crippen molar-refractivity contribution < 1.29 is 14.3 Å². The van der Waals surface area contributed by atoms with Crippen LogP contribution in [-0.4, -0.2) is 41.9 Å². The maximum absolute atomic E-state index is 12.0. The molecule has 0 spiro atoms. The first-order chi connectivity index (χ1) is 10.5. The molecule has 0 atom stereocenters. The van der Waals surface area contributed by atoms with E-state index in [1.807, 2.05) is 13.8 Å². The zero-order chi connectivity index (χ0) is 16.1. The highest BCUT2D eigenvalue weighted by Crippen LogP contribution is 2.34. The first-order valence-corrected chi connectivity index (χ1v) is 8.41. The molecule has 1 aliphatic heterocycles. The van der Waals surface area contributed by atoms with E-state index in [1.54, 1.807) is 23.6 Å². The lowest BCUT2D eigenvalue weighted by molar-refractivity contribution is -0.122. The molecule has 0 fully saturated rings. The number of amides is 2. The van der Waals surface area contributed by atoms with E-state index < -0.39 is 0 Å².